The third-order valence-corrected chi connectivity index (χ3v) is 5.26. The van der Waals surface area contributed by atoms with Crippen molar-refractivity contribution in [1.82, 2.24) is 19.7 Å². The Labute approximate surface area is 152 Å². The summed E-state index contributed by atoms with van der Waals surface area (Å²) in [5.74, 6) is 0.424. The summed E-state index contributed by atoms with van der Waals surface area (Å²) in [6, 6.07) is 12.2. The van der Waals surface area contributed by atoms with Crippen molar-refractivity contribution in [1.29, 1.82) is 0 Å². The van der Waals surface area contributed by atoms with E-state index in [4.69, 9.17) is 22.4 Å². The van der Waals surface area contributed by atoms with Crippen LogP contribution in [0.3, 0.4) is 0 Å². The monoisotopic (exact) mass is 355 g/mol. The predicted molar refractivity (Wildman–Crippen MR) is 101 cm³/mol. The highest BCUT2D eigenvalue weighted by molar-refractivity contribution is 6.31. The van der Waals surface area contributed by atoms with Gasteiger partial charge < -0.3 is 5.73 Å². The summed E-state index contributed by atoms with van der Waals surface area (Å²) >= 11 is 6.31. The Hall–Kier alpha value is -1.95. The lowest BCUT2D eigenvalue weighted by atomic mass is 10.0. The standard InChI is InChI=1S/C19H22ClN5/c20-17-6-2-1-4-14(17)12-24-10-7-15(13-24)18-16-5-3-9-22-19(16)25(23-18)11-8-21/h1-6,9,15H,7-8,10-13,21H2. The molecule has 25 heavy (non-hydrogen) atoms. The van der Waals surface area contributed by atoms with Crippen LogP contribution in [-0.2, 0) is 13.1 Å². The molecule has 5 nitrogen and oxygen atoms in total. The van der Waals surface area contributed by atoms with Crippen LogP contribution in [0.1, 0.15) is 23.6 Å². The van der Waals surface area contributed by atoms with Crippen molar-refractivity contribution >= 4 is 22.6 Å². The Morgan fingerprint density at radius 2 is 2.08 bits per heavy atom. The molecule has 0 amide bonds. The van der Waals surface area contributed by atoms with Crippen molar-refractivity contribution in [2.75, 3.05) is 19.6 Å². The van der Waals surface area contributed by atoms with Crippen LogP contribution in [0.15, 0.2) is 42.6 Å². The SMILES string of the molecule is NCCn1nc(C2CCN(Cc3ccccc3Cl)C2)c2cccnc21. The van der Waals surface area contributed by atoms with E-state index in [0.717, 1.165) is 47.8 Å². The fourth-order valence-electron chi connectivity index (χ4n) is 3.68. The summed E-state index contributed by atoms with van der Waals surface area (Å²) < 4.78 is 1.95. The van der Waals surface area contributed by atoms with Gasteiger partial charge in [0.25, 0.3) is 0 Å². The van der Waals surface area contributed by atoms with Crippen molar-refractivity contribution < 1.29 is 0 Å². The van der Waals surface area contributed by atoms with Gasteiger partial charge in [-0.05, 0) is 36.7 Å². The van der Waals surface area contributed by atoms with Gasteiger partial charge in [-0.15, -0.1) is 0 Å². The maximum Gasteiger partial charge on any atom is 0.158 e. The third kappa shape index (κ3) is 3.27. The lowest BCUT2D eigenvalue weighted by Gasteiger charge is -2.16. The molecule has 6 heteroatoms. The highest BCUT2D eigenvalue weighted by Crippen LogP contribution is 2.32. The van der Waals surface area contributed by atoms with Crippen LogP contribution < -0.4 is 5.73 Å². The van der Waals surface area contributed by atoms with Gasteiger partial charge in [0, 0.05) is 42.2 Å². The first-order valence-electron chi connectivity index (χ1n) is 8.73. The van der Waals surface area contributed by atoms with Gasteiger partial charge in [-0.1, -0.05) is 29.8 Å². The number of nitrogens with two attached hydrogens (primary N) is 1. The Morgan fingerprint density at radius 3 is 2.92 bits per heavy atom. The molecule has 1 saturated heterocycles. The molecule has 0 bridgehead atoms. The van der Waals surface area contributed by atoms with E-state index < -0.39 is 0 Å². The second-order valence-corrected chi connectivity index (χ2v) is 6.99. The normalized spacial score (nSPS) is 18.2. The highest BCUT2D eigenvalue weighted by atomic mass is 35.5. The molecule has 2 aromatic heterocycles. The van der Waals surface area contributed by atoms with E-state index >= 15 is 0 Å². The lowest BCUT2D eigenvalue weighted by Crippen LogP contribution is -2.20. The summed E-state index contributed by atoms with van der Waals surface area (Å²) in [7, 11) is 0. The van der Waals surface area contributed by atoms with Gasteiger partial charge in [0.1, 0.15) is 0 Å². The minimum atomic E-state index is 0.424. The largest absolute Gasteiger partial charge is 0.329 e. The maximum atomic E-state index is 6.31. The van der Waals surface area contributed by atoms with Gasteiger partial charge in [-0.25, -0.2) is 9.67 Å². The fourth-order valence-corrected chi connectivity index (χ4v) is 3.88. The second-order valence-electron chi connectivity index (χ2n) is 6.58. The Morgan fingerprint density at radius 1 is 1.20 bits per heavy atom. The first-order chi connectivity index (χ1) is 12.3. The lowest BCUT2D eigenvalue weighted by molar-refractivity contribution is 0.326. The molecule has 0 saturated carbocycles. The summed E-state index contributed by atoms with van der Waals surface area (Å²) in [6.07, 6.45) is 2.92. The van der Waals surface area contributed by atoms with E-state index in [1.807, 2.05) is 35.1 Å². The number of hydrogen-bond donors (Lipinski definition) is 1. The number of aromatic nitrogens is 3. The van der Waals surface area contributed by atoms with Crippen LogP contribution in [0.4, 0.5) is 0 Å². The zero-order chi connectivity index (χ0) is 17.2. The molecule has 1 unspecified atom stereocenters. The van der Waals surface area contributed by atoms with Crippen LogP contribution in [-0.4, -0.2) is 39.3 Å². The molecule has 0 spiro atoms. The second kappa shape index (κ2) is 7.12. The number of hydrogen-bond acceptors (Lipinski definition) is 4. The van der Waals surface area contributed by atoms with E-state index in [1.54, 1.807) is 0 Å². The minimum absolute atomic E-state index is 0.424. The van der Waals surface area contributed by atoms with E-state index in [1.165, 1.54) is 5.56 Å². The third-order valence-electron chi connectivity index (χ3n) is 4.89. The average Bonchev–Trinajstić information content (AvgIpc) is 3.23. The molecule has 1 atom stereocenters. The summed E-state index contributed by atoms with van der Waals surface area (Å²) in [5.41, 5.74) is 9.00. The molecule has 0 radical (unpaired) electrons. The number of benzene rings is 1. The van der Waals surface area contributed by atoms with E-state index in [9.17, 15) is 0 Å². The van der Waals surface area contributed by atoms with Gasteiger partial charge in [0.2, 0.25) is 0 Å². The molecule has 3 heterocycles. The van der Waals surface area contributed by atoms with Crippen LogP contribution in [0.2, 0.25) is 5.02 Å². The maximum absolute atomic E-state index is 6.31. The molecule has 4 rings (SSSR count). The Balaban J connectivity index is 1.56. The fraction of sp³-hybridized carbons (Fsp3) is 0.368. The van der Waals surface area contributed by atoms with E-state index in [0.29, 0.717) is 19.0 Å². The smallest absolute Gasteiger partial charge is 0.158 e. The number of likely N-dealkylation sites (tertiary alicyclic amines) is 1. The van der Waals surface area contributed by atoms with E-state index in [2.05, 4.69) is 22.0 Å². The van der Waals surface area contributed by atoms with Gasteiger partial charge in [-0.3, -0.25) is 4.90 Å². The number of halogens is 1. The van der Waals surface area contributed by atoms with Crippen molar-refractivity contribution in [3.8, 4) is 0 Å². The molecule has 1 fully saturated rings. The first-order valence-corrected chi connectivity index (χ1v) is 9.11. The summed E-state index contributed by atoms with van der Waals surface area (Å²) in [4.78, 5) is 6.96. The summed E-state index contributed by atoms with van der Waals surface area (Å²) in [5, 5.41) is 6.84. The molecule has 3 aromatic rings. The first kappa shape index (κ1) is 16.5. The molecule has 1 aliphatic heterocycles. The van der Waals surface area contributed by atoms with Crippen LogP contribution >= 0.6 is 11.6 Å². The highest BCUT2D eigenvalue weighted by Gasteiger charge is 2.28. The zero-order valence-electron chi connectivity index (χ0n) is 14.1. The minimum Gasteiger partial charge on any atom is -0.329 e. The molecular formula is C19H22ClN5. The molecule has 130 valence electrons. The van der Waals surface area contributed by atoms with Gasteiger partial charge in [0.05, 0.1) is 12.2 Å². The number of pyridine rings is 1. The Bertz CT molecular complexity index is 875. The molecular weight excluding hydrogens is 334 g/mol. The van der Waals surface area contributed by atoms with Crippen LogP contribution in [0.25, 0.3) is 11.0 Å². The van der Waals surface area contributed by atoms with Crippen molar-refractivity contribution in [3.63, 3.8) is 0 Å². The van der Waals surface area contributed by atoms with Crippen LogP contribution in [0, 0.1) is 0 Å². The summed E-state index contributed by atoms with van der Waals surface area (Å²) in [6.45, 7) is 4.20. The zero-order valence-corrected chi connectivity index (χ0v) is 14.9. The molecule has 1 aliphatic rings. The van der Waals surface area contributed by atoms with Crippen molar-refractivity contribution in [2.45, 2.75) is 25.4 Å². The molecule has 2 N–H and O–H groups in total. The topological polar surface area (TPSA) is 60.0 Å². The van der Waals surface area contributed by atoms with Gasteiger partial charge in [-0.2, -0.15) is 5.10 Å². The quantitative estimate of drug-likeness (QED) is 0.764. The average molecular weight is 356 g/mol. The van der Waals surface area contributed by atoms with Crippen molar-refractivity contribution in [3.05, 3.63) is 58.9 Å². The van der Waals surface area contributed by atoms with E-state index in [-0.39, 0.29) is 0 Å². The van der Waals surface area contributed by atoms with Gasteiger partial charge >= 0.3 is 0 Å². The van der Waals surface area contributed by atoms with Crippen molar-refractivity contribution in [2.24, 2.45) is 5.73 Å². The Kier molecular flexibility index (Phi) is 4.70. The number of rotatable bonds is 5. The number of nitrogens with zero attached hydrogens (tertiary/aromatic N) is 4. The number of fused-ring (bicyclic) bond motifs is 1. The van der Waals surface area contributed by atoms with Gasteiger partial charge in [0.15, 0.2) is 5.65 Å². The molecule has 0 aliphatic carbocycles. The van der Waals surface area contributed by atoms with Crippen LogP contribution in [0.5, 0.6) is 0 Å². The predicted octanol–water partition coefficient (Wildman–Crippen LogP) is 3.03. The molecule has 1 aromatic carbocycles.